The predicted octanol–water partition coefficient (Wildman–Crippen LogP) is -1.32. The standard InChI is InChI=1S/C10H16N2O6S/c11-6(10(17)18)5-19-7(4-8(14)15)9(16)12-2-1-3-13/h3,6-7H,1-2,4-5,11H2,(H,12,16)(H,14,15)(H,17,18)/t6-,7?/m0/s1. The number of aldehydes is 1. The molecule has 9 heteroatoms. The second-order valence-corrected chi connectivity index (χ2v) is 4.85. The molecule has 1 unspecified atom stereocenters. The van der Waals surface area contributed by atoms with Crippen LogP contribution in [0.5, 0.6) is 0 Å². The lowest BCUT2D eigenvalue weighted by molar-refractivity contribution is -0.138. The van der Waals surface area contributed by atoms with Crippen LogP contribution in [0.15, 0.2) is 0 Å². The minimum absolute atomic E-state index is 0.0750. The highest BCUT2D eigenvalue weighted by atomic mass is 32.2. The lowest BCUT2D eigenvalue weighted by atomic mass is 10.3. The number of rotatable bonds is 10. The number of hydrogen-bond acceptors (Lipinski definition) is 6. The van der Waals surface area contributed by atoms with Gasteiger partial charge in [-0.1, -0.05) is 0 Å². The number of aliphatic carboxylic acids is 2. The predicted molar refractivity (Wildman–Crippen MR) is 67.8 cm³/mol. The first-order valence-electron chi connectivity index (χ1n) is 5.41. The summed E-state index contributed by atoms with van der Waals surface area (Å²) in [4.78, 5) is 42.9. The molecule has 0 aromatic heterocycles. The molecule has 0 saturated heterocycles. The van der Waals surface area contributed by atoms with Crippen LogP contribution in [0.2, 0.25) is 0 Å². The molecule has 19 heavy (non-hydrogen) atoms. The zero-order valence-corrected chi connectivity index (χ0v) is 10.9. The fourth-order valence-electron chi connectivity index (χ4n) is 1.05. The average Bonchev–Trinajstić information content (AvgIpc) is 2.33. The summed E-state index contributed by atoms with van der Waals surface area (Å²) in [6.45, 7) is 0.115. The summed E-state index contributed by atoms with van der Waals surface area (Å²) in [5.74, 6) is -3.02. The van der Waals surface area contributed by atoms with Crippen molar-refractivity contribution in [2.24, 2.45) is 5.73 Å². The molecule has 108 valence electrons. The first-order valence-corrected chi connectivity index (χ1v) is 6.46. The van der Waals surface area contributed by atoms with Crippen molar-refractivity contribution < 1.29 is 29.4 Å². The molecular weight excluding hydrogens is 276 g/mol. The van der Waals surface area contributed by atoms with Crippen molar-refractivity contribution in [1.82, 2.24) is 5.32 Å². The topological polar surface area (TPSA) is 147 Å². The SMILES string of the molecule is N[C@@H](CSC(CC(=O)O)C(=O)NCCC=O)C(=O)O. The van der Waals surface area contributed by atoms with Crippen molar-refractivity contribution in [3.63, 3.8) is 0 Å². The van der Waals surface area contributed by atoms with E-state index in [-0.39, 0.29) is 18.7 Å². The summed E-state index contributed by atoms with van der Waals surface area (Å²) in [6.07, 6.45) is 0.314. The Morgan fingerprint density at radius 3 is 2.42 bits per heavy atom. The van der Waals surface area contributed by atoms with Crippen molar-refractivity contribution in [3.8, 4) is 0 Å². The molecule has 0 aromatic rings. The van der Waals surface area contributed by atoms with E-state index in [1.54, 1.807) is 0 Å². The van der Waals surface area contributed by atoms with Crippen LogP contribution in [-0.2, 0) is 19.2 Å². The van der Waals surface area contributed by atoms with Gasteiger partial charge in [-0.25, -0.2) is 0 Å². The summed E-state index contributed by atoms with van der Waals surface area (Å²) in [5.41, 5.74) is 5.27. The molecular formula is C10H16N2O6S. The highest BCUT2D eigenvalue weighted by Crippen LogP contribution is 2.16. The van der Waals surface area contributed by atoms with E-state index in [1.807, 2.05) is 0 Å². The lowest BCUT2D eigenvalue weighted by Gasteiger charge is -2.15. The molecule has 0 saturated carbocycles. The quantitative estimate of drug-likeness (QED) is 0.286. The van der Waals surface area contributed by atoms with Crippen LogP contribution in [0.25, 0.3) is 0 Å². The van der Waals surface area contributed by atoms with Crippen molar-refractivity contribution in [2.75, 3.05) is 12.3 Å². The van der Waals surface area contributed by atoms with Gasteiger partial charge in [0.05, 0.1) is 11.7 Å². The zero-order chi connectivity index (χ0) is 14.8. The van der Waals surface area contributed by atoms with Crippen LogP contribution in [0.3, 0.4) is 0 Å². The Labute approximate surface area is 113 Å². The normalized spacial score (nSPS) is 13.3. The van der Waals surface area contributed by atoms with Crippen molar-refractivity contribution in [1.29, 1.82) is 0 Å². The number of amides is 1. The van der Waals surface area contributed by atoms with E-state index in [4.69, 9.17) is 15.9 Å². The summed E-state index contributed by atoms with van der Waals surface area (Å²) < 4.78 is 0. The molecule has 2 atom stereocenters. The smallest absolute Gasteiger partial charge is 0.321 e. The largest absolute Gasteiger partial charge is 0.481 e. The van der Waals surface area contributed by atoms with Gasteiger partial charge in [-0.15, -0.1) is 11.8 Å². The molecule has 0 aromatic carbocycles. The van der Waals surface area contributed by atoms with Crippen molar-refractivity contribution >= 4 is 35.9 Å². The van der Waals surface area contributed by atoms with Gasteiger partial charge in [-0.05, 0) is 0 Å². The van der Waals surface area contributed by atoms with Gasteiger partial charge < -0.3 is 26.1 Å². The van der Waals surface area contributed by atoms with E-state index in [9.17, 15) is 19.2 Å². The number of carbonyl (C=O) groups is 4. The zero-order valence-electron chi connectivity index (χ0n) is 10.1. The molecule has 0 rings (SSSR count). The van der Waals surface area contributed by atoms with Crippen LogP contribution >= 0.6 is 11.8 Å². The molecule has 0 spiro atoms. The van der Waals surface area contributed by atoms with E-state index in [2.05, 4.69) is 5.32 Å². The van der Waals surface area contributed by atoms with Crippen molar-refractivity contribution in [3.05, 3.63) is 0 Å². The Morgan fingerprint density at radius 2 is 1.95 bits per heavy atom. The Kier molecular flexibility index (Phi) is 8.55. The minimum atomic E-state index is -1.22. The Bertz CT molecular complexity index is 349. The van der Waals surface area contributed by atoms with Crippen LogP contribution in [-0.4, -0.2) is 57.9 Å². The fourth-order valence-corrected chi connectivity index (χ4v) is 2.12. The maximum Gasteiger partial charge on any atom is 0.321 e. The third kappa shape index (κ3) is 8.16. The Hall–Kier alpha value is -1.61. The highest BCUT2D eigenvalue weighted by molar-refractivity contribution is 8.00. The van der Waals surface area contributed by atoms with Crippen LogP contribution in [0, 0.1) is 0 Å². The van der Waals surface area contributed by atoms with Gasteiger partial charge in [0.15, 0.2) is 0 Å². The Balaban J connectivity index is 4.36. The van der Waals surface area contributed by atoms with Gasteiger partial charge in [0, 0.05) is 18.7 Å². The van der Waals surface area contributed by atoms with Gasteiger partial charge in [0.2, 0.25) is 5.91 Å². The van der Waals surface area contributed by atoms with E-state index in [0.29, 0.717) is 6.29 Å². The lowest BCUT2D eigenvalue weighted by Crippen LogP contribution is -2.38. The second-order valence-electron chi connectivity index (χ2n) is 3.61. The second kappa shape index (κ2) is 9.34. The molecule has 8 nitrogen and oxygen atoms in total. The van der Waals surface area contributed by atoms with Crippen LogP contribution in [0.4, 0.5) is 0 Å². The number of thioether (sulfide) groups is 1. The maximum atomic E-state index is 11.6. The number of carboxylic acid groups (broad SMARTS) is 2. The molecule has 5 N–H and O–H groups in total. The molecule has 0 aliphatic carbocycles. The third-order valence-corrected chi connectivity index (χ3v) is 3.34. The molecule has 0 fully saturated rings. The van der Waals surface area contributed by atoms with E-state index >= 15 is 0 Å². The van der Waals surface area contributed by atoms with Gasteiger partial charge >= 0.3 is 11.9 Å². The van der Waals surface area contributed by atoms with E-state index in [1.165, 1.54) is 0 Å². The van der Waals surface area contributed by atoms with Gasteiger partial charge in [0.1, 0.15) is 12.3 Å². The van der Waals surface area contributed by atoms with Crippen LogP contribution in [0.1, 0.15) is 12.8 Å². The number of carbonyl (C=O) groups excluding carboxylic acids is 2. The first kappa shape index (κ1) is 17.4. The van der Waals surface area contributed by atoms with E-state index < -0.39 is 35.6 Å². The van der Waals surface area contributed by atoms with Crippen molar-refractivity contribution in [2.45, 2.75) is 24.1 Å². The maximum absolute atomic E-state index is 11.6. The molecule has 1 amide bonds. The molecule has 0 radical (unpaired) electrons. The number of carboxylic acids is 2. The molecule has 0 bridgehead atoms. The van der Waals surface area contributed by atoms with Gasteiger partial charge in [0.25, 0.3) is 0 Å². The summed E-state index contributed by atoms with van der Waals surface area (Å²) >= 11 is 0.865. The third-order valence-electron chi connectivity index (χ3n) is 2.01. The number of hydrogen-bond donors (Lipinski definition) is 4. The average molecular weight is 292 g/mol. The Morgan fingerprint density at radius 1 is 1.32 bits per heavy atom. The highest BCUT2D eigenvalue weighted by Gasteiger charge is 2.24. The van der Waals surface area contributed by atoms with Gasteiger partial charge in [-0.3, -0.25) is 14.4 Å². The number of nitrogens with one attached hydrogen (secondary N) is 1. The molecule has 0 heterocycles. The summed E-state index contributed by atoms with van der Waals surface area (Å²) in [6, 6.07) is -1.16. The minimum Gasteiger partial charge on any atom is -0.481 e. The molecule has 0 aliphatic heterocycles. The van der Waals surface area contributed by atoms with Crippen LogP contribution < -0.4 is 11.1 Å². The van der Waals surface area contributed by atoms with E-state index in [0.717, 1.165) is 11.8 Å². The number of nitrogens with two attached hydrogens (primary N) is 1. The fraction of sp³-hybridized carbons (Fsp3) is 0.600. The summed E-state index contributed by atoms with van der Waals surface area (Å²) in [7, 11) is 0. The molecule has 0 aliphatic rings. The summed E-state index contributed by atoms with van der Waals surface area (Å²) in [5, 5.41) is 18.7. The van der Waals surface area contributed by atoms with Gasteiger partial charge in [-0.2, -0.15) is 0 Å². The monoisotopic (exact) mass is 292 g/mol. The first-order chi connectivity index (χ1) is 8.88.